The van der Waals surface area contributed by atoms with Crippen molar-refractivity contribution in [1.29, 1.82) is 0 Å². The van der Waals surface area contributed by atoms with Crippen LogP contribution in [-0.4, -0.2) is 38.4 Å². The van der Waals surface area contributed by atoms with Crippen molar-refractivity contribution >= 4 is 28.7 Å². The molecule has 2 heterocycles. The van der Waals surface area contributed by atoms with Gasteiger partial charge in [0.15, 0.2) is 0 Å². The average molecular weight is 312 g/mol. The van der Waals surface area contributed by atoms with Crippen molar-refractivity contribution in [3.05, 3.63) is 27.5 Å². The number of aryl methyl sites for hydroxylation is 1. The molecule has 0 saturated heterocycles. The summed E-state index contributed by atoms with van der Waals surface area (Å²) in [7, 11) is 0. The normalized spacial score (nSPS) is 15.0. The summed E-state index contributed by atoms with van der Waals surface area (Å²) in [5.74, 6) is -2.43. The van der Waals surface area contributed by atoms with Gasteiger partial charge in [-0.05, 0) is 6.92 Å². The molecule has 2 N–H and O–H groups in total. The molecule has 0 aliphatic carbocycles. The smallest absolute Gasteiger partial charge is 0.344 e. The number of rotatable bonds is 5. The lowest BCUT2D eigenvalue weighted by atomic mass is 10.1. The molecule has 0 aromatic carbocycles. The lowest BCUT2D eigenvalue weighted by Gasteiger charge is -2.09. The zero-order chi connectivity index (χ0) is 15.6. The van der Waals surface area contributed by atoms with Crippen LogP contribution in [0.25, 0.3) is 0 Å². The van der Waals surface area contributed by atoms with Crippen LogP contribution in [0, 0.1) is 0 Å². The van der Waals surface area contributed by atoms with Crippen molar-refractivity contribution < 1.29 is 24.6 Å². The Bertz CT molecular complexity index is 694. The van der Waals surface area contributed by atoms with Gasteiger partial charge in [0.2, 0.25) is 12.0 Å². The molecule has 1 aromatic heterocycles. The third-order valence-corrected chi connectivity index (χ3v) is 3.92. The van der Waals surface area contributed by atoms with Crippen LogP contribution in [-0.2, 0) is 22.6 Å². The van der Waals surface area contributed by atoms with Gasteiger partial charge >= 0.3 is 11.9 Å². The summed E-state index contributed by atoms with van der Waals surface area (Å²) >= 11 is 1.18. The number of aromatic carboxylic acids is 1. The molecule has 0 radical (unpaired) electrons. The lowest BCUT2D eigenvalue weighted by Crippen LogP contribution is -2.22. The van der Waals surface area contributed by atoms with E-state index in [4.69, 9.17) is 10.2 Å². The summed E-state index contributed by atoms with van der Waals surface area (Å²) in [4.78, 5) is 38.2. The minimum Gasteiger partial charge on any atom is -0.479 e. The zero-order valence-electron chi connectivity index (χ0n) is 11.0. The maximum atomic E-state index is 12.1. The van der Waals surface area contributed by atoms with Gasteiger partial charge in [0.1, 0.15) is 10.6 Å². The van der Waals surface area contributed by atoms with E-state index in [0.717, 1.165) is 0 Å². The van der Waals surface area contributed by atoms with Crippen LogP contribution in [0.3, 0.4) is 0 Å². The second kappa shape index (κ2) is 6.00. The first-order valence-electron chi connectivity index (χ1n) is 6.02. The molecule has 2 rings (SSSR count). The van der Waals surface area contributed by atoms with Crippen LogP contribution in [0.15, 0.2) is 21.2 Å². The fraction of sp³-hybridized carbons (Fsp3) is 0.333. The van der Waals surface area contributed by atoms with Crippen LogP contribution < -0.4 is 5.43 Å². The standard InChI is InChI=1S/C12H12N2O6S/c1-2-14-4-7(12(18)19)10(17)6-3-8(21-11(6)14)13-20-5-9(15)16/h4H,2-3,5H2,1H3,(H,15,16)(H,18,19). The Morgan fingerprint density at radius 1 is 1.48 bits per heavy atom. The molecule has 0 amide bonds. The molecule has 1 aromatic rings. The largest absolute Gasteiger partial charge is 0.479 e. The number of nitrogens with zero attached hydrogens (tertiary/aromatic N) is 2. The minimum atomic E-state index is -1.28. The van der Waals surface area contributed by atoms with Gasteiger partial charge in [0, 0.05) is 24.7 Å². The SMILES string of the molecule is CCn1cc(C(=O)O)c(=O)c2c1SC(=NOCC(=O)O)C2. The van der Waals surface area contributed by atoms with Gasteiger partial charge in [0.25, 0.3) is 0 Å². The molecule has 0 bridgehead atoms. The fourth-order valence-electron chi connectivity index (χ4n) is 1.88. The molecular weight excluding hydrogens is 300 g/mol. The highest BCUT2D eigenvalue weighted by Gasteiger charge is 2.27. The maximum Gasteiger partial charge on any atom is 0.344 e. The summed E-state index contributed by atoms with van der Waals surface area (Å²) < 4.78 is 1.66. The highest BCUT2D eigenvalue weighted by molar-refractivity contribution is 8.14. The predicted octanol–water partition coefficient (Wildman–Crippen LogP) is 0.629. The molecule has 112 valence electrons. The van der Waals surface area contributed by atoms with Crippen molar-refractivity contribution in [3.8, 4) is 0 Å². The number of hydrogen-bond donors (Lipinski definition) is 2. The Kier molecular flexibility index (Phi) is 4.32. The van der Waals surface area contributed by atoms with Gasteiger partial charge in [-0.25, -0.2) is 9.59 Å². The van der Waals surface area contributed by atoms with E-state index in [9.17, 15) is 14.4 Å². The van der Waals surface area contributed by atoms with Crippen molar-refractivity contribution in [2.75, 3.05) is 6.61 Å². The summed E-state index contributed by atoms with van der Waals surface area (Å²) in [6, 6.07) is 0. The summed E-state index contributed by atoms with van der Waals surface area (Å²) in [6.07, 6.45) is 1.44. The van der Waals surface area contributed by atoms with Gasteiger partial charge in [-0.2, -0.15) is 0 Å². The predicted molar refractivity (Wildman–Crippen MR) is 73.9 cm³/mol. The van der Waals surface area contributed by atoms with Crippen molar-refractivity contribution in [1.82, 2.24) is 4.57 Å². The molecule has 0 spiro atoms. The number of aromatic nitrogens is 1. The number of carbonyl (C=O) groups is 2. The molecule has 0 saturated carbocycles. The van der Waals surface area contributed by atoms with Gasteiger partial charge in [-0.3, -0.25) is 4.79 Å². The van der Waals surface area contributed by atoms with Gasteiger partial charge < -0.3 is 19.6 Å². The summed E-state index contributed by atoms with van der Waals surface area (Å²) in [5, 5.41) is 22.2. The number of thioether (sulfide) groups is 1. The number of fused-ring (bicyclic) bond motifs is 1. The first kappa shape index (κ1) is 15.1. The molecule has 8 nitrogen and oxygen atoms in total. The Labute approximate surface area is 123 Å². The maximum absolute atomic E-state index is 12.1. The molecule has 9 heteroatoms. The fourth-order valence-corrected chi connectivity index (χ4v) is 3.00. The van der Waals surface area contributed by atoms with Crippen LogP contribution in [0.1, 0.15) is 22.8 Å². The van der Waals surface area contributed by atoms with Gasteiger partial charge in [0.05, 0.1) is 5.03 Å². The Morgan fingerprint density at radius 3 is 2.76 bits per heavy atom. The highest BCUT2D eigenvalue weighted by atomic mass is 32.2. The molecule has 1 aliphatic heterocycles. The van der Waals surface area contributed by atoms with Gasteiger partial charge in [-0.1, -0.05) is 16.9 Å². The van der Waals surface area contributed by atoms with E-state index >= 15 is 0 Å². The molecule has 1 aliphatic rings. The van der Waals surface area contributed by atoms with Crippen LogP contribution in [0.5, 0.6) is 0 Å². The summed E-state index contributed by atoms with van der Waals surface area (Å²) in [6.45, 7) is 1.75. The average Bonchev–Trinajstić information content (AvgIpc) is 2.83. The number of pyridine rings is 1. The van der Waals surface area contributed by atoms with Gasteiger partial charge in [-0.15, -0.1) is 0 Å². The second-order valence-electron chi connectivity index (χ2n) is 4.18. The van der Waals surface area contributed by atoms with E-state index in [0.29, 0.717) is 22.2 Å². The molecular formula is C12H12N2O6S. The third kappa shape index (κ3) is 3.07. The number of carboxylic acid groups (broad SMARTS) is 2. The van der Waals surface area contributed by atoms with Crippen molar-refractivity contribution in [2.24, 2.45) is 5.16 Å². The number of oxime groups is 1. The Hall–Kier alpha value is -2.29. The van der Waals surface area contributed by atoms with E-state index in [1.54, 1.807) is 4.57 Å². The monoisotopic (exact) mass is 312 g/mol. The van der Waals surface area contributed by atoms with E-state index in [1.165, 1.54) is 18.0 Å². The molecule has 0 unspecified atom stereocenters. The zero-order valence-corrected chi connectivity index (χ0v) is 11.8. The first-order chi connectivity index (χ1) is 9.93. The minimum absolute atomic E-state index is 0.138. The number of aliphatic carboxylic acids is 1. The first-order valence-corrected chi connectivity index (χ1v) is 6.83. The van der Waals surface area contributed by atoms with E-state index in [1.807, 2.05) is 6.92 Å². The van der Waals surface area contributed by atoms with Crippen molar-refractivity contribution in [3.63, 3.8) is 0 Å². The van der Waals surface area contributed by atoms with Crippen molar-refractivity contribution in [2.45, 2.75) is 24.9 Å². The van der Waals surface area contributed by atoms with E-state index in [2.05, 4.69) is 9.99 Å². The van der Waals surface area contributed by atoms with Crippen LogP contribution >= 0.6 is 11.8 Å². The quantitative estimate of drug-likeness (QED) is 0.765. The molecule has 21 heavy (non-hydrogen) atoms. The van der Waals surface area contributed by atoms with Crippen LogP contribution in [0.2, 0.25) is 0 Å². The topological polar surface area (TPSA) is 118 Å². The number of carboxylic acids is 2. The Morgan fingerprint density at radius 2 is 2.19 bits per heavy atom. The molecule has 0 fully saturated rings. The van der Waals surface area contributed by atoms with E-state index in [-0.39, 0.29) is 12.0 Å². The molecule has 0 atom stereocenters. The highest BCUT2D eigenvalue weighted by Crippen LogP contribution is 2.32. The number of hydrogen-bond acceptors (Lipinski definition) is 6. The lowest BCUT2D eigenvalue weighted by molar-refractivity contribution is -0.142. The Balaban J connectivity index is 2.36. The second-order valence-corrected chi connectivity index (χ2v) is 5.24. The third-order valence-electron chi connectivity index (χ3n) is 2.79. The summed E-state index contributed by atoms with van der Waals surface area (Å²) in [5.41, 5.74) is -0.485. The van der Waals surface area contributed by atoms with E-state index < -0.39 is 24.0 Å². The van der Waals surface area contributed by atoms with Crippen LogP contribution in [0.4, 0.5) is 0 Å².